The van der Waals surface area contributed by atoms with Gasteiger partial charge in [-0.2, -0.15) is 0 Å². The predicted molar refractivity (Wildman–Crippen MR) is 103 cm³/mol. The lowest BCUT2D eigenvalue weighted by Crippen LogP contribution is -2.56. The molecule has 1 saturated carbocycles. The molecule has 2 aromatic carbocycles. The minimum Gasteiger partial charge on any atom is -0.332 e. The summed E-state index contributed by atoms with van der Waals surface area (Å²) < 4.78 is 13.4. The summed E-state index contributed by atoms with van der Waals surface area (Å²) in [4.78, 5) is 29.9. The minimum absolute atomic E-state index is 0.00478. The standard InChI is InChI=1S/C23H23FN2O2/c24-18-9-7-17(8-10-18)22(16-5-6-16)23(28)25-13-20-19-4-2-1-3-15(19)11-12-26(20)21(27)14-25/h1-4,7-10,16,20,22H,5-6,11-14H2. The van der Waals surface area contributed by atoms with Crippen molar-refractivity contribution in [3.8, 4) is 0 Å². The molecule has 0 spiro atoms. The molecule has 1 saturated heterocycles. The van der Waals surface area contributed by atoms with E-state index in [1.54, 1.807) is 17.0 Å². The van der Waals surface area contributed by atoms with Gasteiger partial charge in [0, 0.05) is 13.1 Å². The number of nitrogens with zero attached hydrogens (tertiary/aromatic N) is 2. The van der Waals surface area contributed by atoms with E-state index >= 15 is 0 Å². The van der Waals surface area contributed by atoms with Gasteiger partial charge in [0.1, 0.15) is 5.82 Å². The van der Waals surface area contributed by atoms with Gasteiger partial charge >= 0.3 is 0 Å². The van der Waals surface area contributed by atoms with E-state index in [-0.39, 0.29) is 36.1 Å². The van der Waals surface area contributed by atoms with Crippen molar-refractivity contribution in [2.45, 2.75) is 31.2 Å². The van der Waals surface area contributed by atoms with Crippen molar-refractivity contribution < 1.29 is 14.0 Å². The van der Waals surface area contributed by atoms with E-state index in [2.05, 4.69) is 12.1 Å². The lowest BCUT2D eigenvalue weighted by molar-refractivity contribution is -0.150. The Morgan fingerprint density at radius 1 is 1.07 bits per heavy atom. The van der Waals surface area contributed by atoms with Gasteiger partial charge in [-0.1, -0.05) is 36.4 Å². The van der Waals surface area contributed by atoms with Crippen molar-refractivity contribution in [2.75, 3.05) is 19.6 Å². The van der Waals surface area contributed by atoms with E-state index in [4.69, 9.17) is 0 Å². The van der Waals surface area contributed by atoms with Gasteiger partial charge in [0.25, 0.3) is 0 Å². The van der Waals surface area contributed by atoms with E-state index in [0.29, 0.717) is 19.0 Å². The maximum atomic E-state index is 13.5. The van der Waals surface area contributed by atoms with Crippen molar-refractivity contribution in [3.63, 3.8) is 0 Å². The first-order chi connectivity index (χ1) is 13.6. The van der Waals surface area contributed by atoms with Gasteiger partial charge < -0.3 is 9.80 Å². The number of rotatable bonds is 3. The molecule has 2 fully saturated rings. The molecule has 1 aliphatic carbocycles. The highest BCUT2D eigenvalue weighted by atomic mass is 19.1. The van der Waals surface area contributed by atoms with Crippen LogP contribution < -0.4 is 0 Å². The summed E-state index contributed by atoms with van der Waals surface area (Å²) in [6, 6.07) is 14.4. The number of carbonyl (C=O) groups is 2. The zero-order valence-electron chi connectivity index (χ0n) is 15.7. The van der Waals surface area contributed by atoms with Gasteiger partial charge in [0.05, 0.1) is 18.5 Å². The molecule has 5 heteroatoms. The third kappa shape index (κ3) is 2.99. The Morgan fingerprint density at radius 2 is 1.82 bits per heavy atom. The molecular formula is C23H23FN2O2. The van der Waals surface area contributed by atoms with Crippen LogP contribution >= 0.6 is 0 Å². The summed E-state index contributed by atoms with van der Waals surface area (Å²) in [6.45, 7) is 1.39. The van der Waals surface area contributed by atoms with Gasteiger partial charge in [-0.3, -0.25) is 9.59 Å². The first kappa shape index (κ1) is 17.4. The maximum absolute atomic E-state index is 13.5. The van der Waals surface area contributed by atoms with Crippen LogP contribution in [0.2, 0.25) is 0 Å². The van der Waals surface area contributed by atoms with Crippen LogP contribution in [0.3, 0.4) is 0 Å². The van der Waals surface area contributed by atoms with Crippen molar-refractivity contribution in [1.82, 2.24) is 9.80 Å². The fourth-order valence-electron chi connectivity index (χ4n) is 4.76. The quantitative estimate of drug-likeness (QED) is 0.822. The maximum Gasteiger partial charge on any atom is 0.242 e. The molecule has 2 aliphatic heterocycles. The zero-order valence-corrected chi connectivity index (χ0v) is 15.7. The third-order valence-corrected chi connectivity index (χ3v) is 6.35. The van der Waals surface area contributed by atoms with Crippen LogP contribution in [0, 0.1) is 11.7 Å². The molecule has 3 aliphatic rings. The molecule has 2 amide bonds. The number of piperazine rings is 1. The van der Waals surface area contributed by atoms with E-state index in [9.17, 15) is 14.0 Å². The minimum atomic E-state index is -0.298. The number of carbonyl (C=O) groups excluding carboxylic acids is 2. The number of halogens is 1. The molecule has 5 rings (SSSR count). The average molecular weight is 378 g/mol. The van der Waals surface area contributed by atoms with Crippen LogP contribution in [0.25, 0.3) is 0 Å². The second-order valence-electron chi connectivity index (χ2n) is 8.14. The van der Waals surface area contributed by atoms with Crippen LogP contribution in [-0.4, -0.2) is 41.2 Å². The molecule has 4 nitrogen and oxygen atoms in total. The van der Waals surface area contributed by atoms with Crippen molar-refractivity contribution >= 4 is 11.8 Å². The SMILES string of the molecule is O=C(C(c1ccc(F)cc1)C1CC1)N1CC(=O)N2CCc3ccccc3C2C1. The third-order valence-electron chi connectivity index (χ3n) is 6.35. The Morgan fingerprint density at radius 3 is 2.57 bits per heavy atom. The molecule has 2 heterocycles. The highest BCUT2D eigenvalue weighted by Gasteiger charge is 2.44. The topological polar surface area (TPSA) is 40.6 Å². The Kier molecular flexibility index (Phi) is 4.18. The fourth-order valence-corrected chi connectivity index (χ4v) is 4.76. The lowest BCUT2D eigenvalue weighted by atomic mass is 9.89. The second-order valence-corrected chi connectivity index (χ2v) is 8.14. The molecule has 28 heavy (non-hydrogen) atoms. The summed E-state index contributed by atoms with van der Waals surface area (Å²) >= 11 is 0. The number of hydrogen-bond acceptors (Lipinski definition) is 2. The molecule has 144 valence electrons. The average Bonchev–Trinajstić information content (AvgIpc) is 3.54. The largest absolute Gasteiger partial charge is 0.332 e. The van der Waals surface area contributed by atoms with Gasteiger partial charge in [-0.05, 0) is 54.0 Å². The van der Waals surface area contributed by atoms with E-state index in [0.717, 1.165) is 30.4 Å². The summed E-state index contributed by atoms with van der Waals surface area (Å²) in [5.74, 6) is -0.255. The molecule has 2 aromatic rings. The number of amides is 2. The normalized spacial score (nSPS) is 22.5. The van der Waals surface area contributed by atoms with Crippen LogP contribution in [0.5, 0.6) is 0 Å². The fraction of sp³-hybridized carbons (Fsp3) is 0.391. The van der Waals surface area contributed by atoms with Crippen LogP contribution in [0.4, 0.5) is 4.39 Å². The molecule has 0 bridgehead atoms. The Hall–Kier alpha value is -2.69. The summed E-state index contributed by atoms with van der Waals surface area (Å²) in [5, 5.41) is 0. The van der Waals surface area contributed by atoms with Gasteiger partial charge in [0.15, 0.2) is 0 Å². The summed E-state index contributed by atoms with van der Waals surface area (Å²) in [6.07, 6.45) is 2.88. The van der Waals surface area contributed by atoms with Crippen molar-refractivity contribution in [3.05, 3.63) is 71.0 Å². The predicted octanol–water partition coefficient (Wildman–Crippen LogP) is 3.29. The van der Waals surface area contributed by atoms with Gasteiger partial charge in [0.2, 0.25) is 11.8 Å². The van der Waals surface area contributed by atoms with Gasteiger partial charge in [-0.25, -0.2) is 4.39 Å². The van der Waals surface area contributed by atoms with E-state index < -0.39 is 0 Å². The number of benzene rings is 2. The summed E-state index contributed by atoms with van der Waals surface area (Å²) in [7, 11) is 0. The summed E-state index contributed by atoms with van der Waals surface area (Å²) in [5.41, 5.74) is 3.28. The van der Waals surface area contributed by atoms with Crippen LogP contribution in [-0.2, 0) is 16.0 Å². The van der Waals surface area contributed by atoms with Gasteiger partial charge in [-0.15, -0.1) is 0 Å². The zero-order chi connectivity index (χ0) is 19.3. The Balaban J connectivity index is 1.44. The number of hydrogen-bond donors (Lipinski definition) is 0. The van der Waals surface area contributed by atoms with E-state index in [1.807, 2.05) is 17.0 Å². The van der Waals surface area contributed by atoms with E-state index in [1.165, 1.54) is 17.7 Å². The Bertz CT molecular complexity index is 922. The lowest BCUT2D eigenvalue weighted by Gasteiger charge is -2.45. The van der Waals surface area contributed by atoms with Crippen molar-refractivity contribution in [1.29, 1.82) is 0 Å². The highest BCUT2D eigenvalue weighted by Crippen LogP contribution is 2.44. The first-order valence-corrected chi connectivity index (χ1v) is 10.0. The molecular weight excluding hydrogens is 355 g/mol. The highest BCUT2D eigenvalue weighted by molar-refractivity contribution is 5.90. The molecule has 0 aromatic heterocycles. The number of fused-ring (bicyclic) bond motifs is 3. The van der Waals surface area contributed by atoms with Crippen molar-refractivity contribution in [2.24, 2.45) is 5.92 Å². The molecule has 2 atom stereocenters. The second kappa shape index (κ2) is 6.73. The van der Waals surface area contributed by atoms with Crippen LogP contribution in [0.1, 0.15) is 41.5 Å². The van der Waals surface area contributed by atoms with Crippen LogP contribution in [0.15, 0.2) is 48.5 Å². The first-order valence-electron chi connectivity index (χ1n) is 10.0. The Labute approximate surface area is 163 Å². The monoisotopic (exact) mass is 378 g/mol. The smallest absolute Gasteiger partial charge is 0.242 e. The molecule has 2 unspecified atom stereocenters. The molecule has 0 N–H and O–H groups in total. The molecule has 0 radical (unpaired) electrons.